The van der Waals surface area contributed by atoms with Crippen molar-refractivity contribution in [2.45, 2.75) is 0 Å². The maximum absolute atomic E-state index is 11.1. The van der Waals surface area contributed by atoms with Crippen LogP contribution in [0.15, 0.2) is 42.5 Å². The highest BCUT2D eigenvalue weighted by atomic mass is 16.6. The number of non-ortho nitro benzene ring substituents is 2. The second kappa shape index (κ2) is 14.3. The highest BCUT2D eigenvalue weighted by Gasteiger charge is 2.19. The Hall–Kier alpha value is -3.88. The van der Waals surface area contributed by atoms with Gasteiger partial charge in [0.2, 0.25) is 0 Å². The van der Waals surface area contributed by atoms with E-state index in [4.69, 9.17) is 18.9 Å². The van der Waals surface area contributed by atoms with Crippen LogP contribution in [-0.2, 0) is 14.2 Å². The summed E-state index contributed by atoms with van der Waals surface area (Å²) in [4.78, 5) is 30.5. The number of benzene rings is 2. The molecule has 14 heteroatoms. The van der Waals surface area contributed by atoms with Crippen LogP contribution in [0, 0.1) is 30.3 Å². The number of ether oxygens (including phenoxy) is 4. The summed E-state index contributed by atoms with van der Waals surface area (Å²) in [5.74, 6) is 0.514. The Morgan fingerprint density at radius 2 is 1.18 bits per heavy atom. The fraction of sp³-hybridized carbons (Fsp3) is 0.400. The SMILES string of the molecule is O=[N+]([O-])c1ccc(OCCOCCOCCOCCNc2ccc([N+](=O)[O-])cc2[N+](=O)[O-])cc1. The predicted octanol–water partition coefficient (Wildman–Crippen LogP) is 2.95. The van der Waals surface area contributed by atoms with Crippen LogP contribution in [0.4, 0.5) is 22.7 Å². The first-order chi connectivity index (χ1) is 16.4. The maximum Gasteiger partial charge on any atom is 0.299 e. The summed E-state index contributed by atoms with van der Waals surface area (Å²) in [6.07, 6.45) is 0. The Morgan fingerprint density at radius 1 is 0.647 bits per heavy atom. The van der Waals surface area contributed by atoms with E-state index in [9.17, 15) is 30.3 Å². The molecule has 0 aliphatic heterocycles. The van der Waals surface area contributed by atoms with Crippen molar-refractivity contribution < 1.29 is 33.7 Å². The zero-order chi connectivity index (χ0) is 24.8. The van der Waals surface area contributed by atoms with Gasteiger partial charge in [-0.3, -0.25) is 30.3 Å². The monoisotopic (exact) mass is 480 g/mol. The van der Waals surface area contributed by atoms with Crippen molar-refractivity contribution in [3.05, 3.63) is 72.8 Å². The van der Waals surface area contributed by atoms with Crippen LogP contribution in [0.1, 0.15) is 0 Å². The van der Waals surface area contributed by atoms with Crippen molar-refractivity contribution in [2.75, 3.05) is 58.1 Å². The Balaban J connectivity index is 1.46. The summed E-state index contributed by atoms with van der Waals surface area (Å²) >= 11 is 0. The normalized spacial score (nSPS) is 10.6. The van der Waals surface area contributed by atoms with Crippen LogP contribution in [0.3, 0.4) is 0 Å². The molecule has 0 aliphatic rings. The van der Waals surface area contributed by atoms with Gasteiger partial charge in [0.05, 0.1) is 60.5 Å². The average molecular weight is 480 g/mol. The van der Waals surface area contributed by atoms with Crippen molar-refractivity contribution in [1.82, 2.24) is 0 Å². The van der Waals surface area contributed by atoms with Crippen molar-refractivity contribution in [3.8, 4) is 5.75 Å². The molecular weight excluding hydrogens is 456 g/mol. The second-order valence-corrected chi connectivity index (χ2v) is 6.58. The van der Waals surface area contributed by atoms with E-state index in [0.717, 1.165) is 6.07 Å². The molecule has 0 unspecified atom stereocenters. The second-order valence-electron chi connectivity index (χ2n) is 6.58. The first-order valence-corrected chi connectivity index (χ1v) is 10.2. The van der Waals surface area contributed by atoms with E-state index in [1.54, 1.807) is 0 Å². The topological polar surface area (TPSA) is 178 Å². The minimum Gasteiger partial charge on any atom is -0.491 e. The van der Waals surface area contributed by atoms with Gasteiger partial charge in [-0.2, -0.15) is 0 Å². The van der Waals surface area contributed by atoms with E-state index in [-0.39, 0.29) is 35.9 Å². The molecule has 34 heavy (non-hydrogen) atoms. The van der Waals surface area contributed by atoms with E-state index in [1.165, 1.54) is 36.4 Å². The molecule has 0 saturated heterocycles. The molecule has 0 saturated carbocycles. The summed E-state index contributed by atoms with van der Waals surface area (Å²) in [6, 6.07) is 9.14. The molecule has 0 spiro atoms. The van der Waals surface area contributed by atoms with E-state index >= 15 is 0 Å². The van der Waals surface area contributed by atoms with Gasteiger partial charge in [-0.15, -0.1) is 0 Å². The lowest BCUT2D eigenvalue weighted by molar-refractivity contribution is -0.393. The van der Waals surface area contributed by atoms with Gasteiger partial charge in [-0.25, -0.2) is 0 Å². The van der Waals surface area contributed by atoms with E-state index in [2.05, 4.69) is 5.32 Å². The summed E-state index contributed by atoms with van der Waals surface area (Å²) in [7, 11) is 0. The number of hydrogen-bond donors (Lipinski definition) is 1. The molecule has 0 heterocycles. The van der Waals surface area contributed by atoms with Crippen molar-refractivity contribution in [2.24, 2.45) is 0 Å². The molecular formula is C20H24N4O10. The lowest BCUT2D eigenvalue weighted by Crippen LogP contribution is -2.15. The molecule has 2 aromatic carbocycles. The van der Waals surface area contributed by atoms with Crippen molar-refractivity contribution in [1.29, 1.82) is 0 Å². The third-order valence-electron chi connectivity index (χ3n) is 4.24. The third-order valence-corrected chi connectivity index (χ3v) is 4.24. The van der Waals surface area contributed by atoms with Crippen LogP contribution >= 0.6 is 0 Å². The molecule has 0 fully saturated rings. The fourth-order valence-corrected chi connectivity index (χ4v) is 2.62. The Morgan fingerprint density at radius 3 is 1.74 bits per heavy atom. The number of nitrogens with zero attached hydrogens (tertiary/aromatic N) is 3. The zero-order valence-corrected chi connectivity index (χ0v) is 18.1. The molecule has 184 valence electrons. The summed E-state index contributed by atoms with van der Waals surface area (Å²) in [5, 5.41) is 35.2. The standard InChI is InChI=1S/C20H24N4O10/c25-22(26)16-1-4-18(5-2-16)34-14-13-33-12-11-32-10-9-31-8-7-21-19-6-3-17(23(27)28)15-20(19)24(29)30/h1-6,15,21H,7-14H2. The highest BCUT2D eigenvalue weighted by Crippen LogP contribution is 2.28. The Bertz CT molecular complexity index is 955. The first-order valence-electron chi connectivity index (χ1n) is 10.2. The van der Waals surface area contributed by atoms with Crippen LogP contribution < -0.4 is 10.1 Å². The smallest absolute Gasteiger partial charge is 0.299 e. The minimum absolute atomic E-state index is 0.00513. The van der Waals surface area contributed by atoms with Crippen LogP contribution in [-0.4, -0.2) is 67.6 Å². The highest BCUT2D eigenvalue weighted by molar-refractivity contribution is 5.65. The Kier molecular flexibility index (Phi) is 11.1. The van der Waals surface area contributed by atoms with Gasteiger partial charge in [0.15, 0.2) is 0 Å². The summed E-state index contributed by atoms with van der Waals surface area (Å²) in [6.45, 7) is 2.51. The number of nitro groups is 3. The van der Waals surface area contributed by atoms with Crippen LogP contribution in [0.5, 0.6) is 5.75 Å². The van der Waals surface area contributed by atoms with Gasteiger partial charge in [-0.05, 0) is 18.2 Å². The van der Waals surface area contributed by atoms with Gasteiger partial charge >= 0.3 is 0 Å². The van der Waals surface area contributed by atoms with Crippen molar-refractivity contribution in [3.63, 3.8) is 0 Å². The van der Waals surface area contributed by atoms with Crippen molar-refractivity contribution >= 4 is 22.7 Å². The van der Waals surface area contributed by atoms with Gasteiger partial charge in [0.1, 0.15) is 18.0 Å². The largest absolute Gasteiger partial charge is 0.491 e. The lowest BCUT2D eigenvalue weighted by atomic mass is 10.2. The lowest BCUT2D eigenvalue weighted by Gasteiger charge is -2.09. The number of nitro benzene ring substituents is 3. The molecule has 0 amide bonds. The zero-order valence-electron chi connectivity index (χ0n) is 18.1. The quantitative estimate of drug-likeness (QED) is 0.200. The first kappa shape index (κ1) is 26.4. The van der Waals surface area contributed by atoms with Gasteiger partial charge in [0.25, 0.3) is 17.1 Å². The molecule has 2 aromatic rings. The van der Waals surface area contributed by atoms with Crippen LogP contribution in [0.25, 0.3) is 0 Å². The van der Waals surface area contributed by atoms with E-state index < -0.39 is 14.8 Å². The van der Waals surface area contributed by atoms with Gasteiger partial charge in [0, 0.05) is 24.7 Å². The summed E-state index contributed by atoms with van der Waals surface area (Å²) in [5.41, 5.74) is -0.568. The van der Waals surface area contributed by atoms with Gasteiger partial charge in [-0.1, -0.05) is 0 Å². The molecule has 0 aliphatic carbocycles. The number of nitrogens with one attached hydrogen (secondary N) is 1. The maximum atomic E-state index is 11.1. The molecule has 14 nitrogen and oxygen atoms in total. The number of anilines is 1. The summed E-state index contributed by atoms with van der Waals surface area (Å²) < 4.78 is 21.5. The van der Waals surface area contributed by atoms with Gasteiger partial charge < -0.3 is 24.3 Å². The Labute approximate surface area is 193 Å². The molecule has 0 bridgehead atoms. The predicted molar refractivity (Wildman–Crippen MR) is 119 cm³/mol. The third kappa shape index (κ3) is 9.32. The van der Waals surface area contributed by atoms with E-state index in [0.29, 0.717) is 45.4 Å². The number of hydrogen-bond acceptors (Lipinski definition) is 11. The minimum atomic E-state index is -0.694. The molecule has 0 radical (unpaired) electrons. The molecule has 0 atom stereocenters. The van der Waals surface area contributed by atoms with Crippen LogP contribution in [0.2, 0.25) is 0 Å². The average Bonchev–Trinajstić information content (AvgIpc) is 2.82. The molecule has 0 aromatic heterocycles. The molecule has 1 N–H and O–H groups in total. The fourth-order valence-electron chi connectivity index (χ4n) is 2.62. The number of rotatable bonds is 17. The van der Waals surface area contributed by atoms with E-state index in [1.807, 2.05) is 0 Å². The molecule has 2 rings (SSSR count).